The number of para-hydroxylation sites is 1. The van der Waals surface area contributed by atoms with Crippen molar-refractivity contribution in [3.63, 3.8) is 0 Å². The molecule has 0 aliphatic carbocycles. The van der Waals surface area contributed by atoms with Crippen LogP contribution in [0.25, 0.3) is 28.5 Å². The summed E-state index contributed by atoms with van der Waals surface area (Å²) in [7, 11) is 3.10. The van der Waals surface area contributed by atoms with E-state index < -0.39 is 17.3 Å². The van der Waals surface area contributed by atoms with E-state index in [2.05, 4.69) is 19.7 Å². The van der Waals surface area contributed by atoms with E-state index in [0.717, 1.165) is 0 Å². The standard InChI is InChI=1S/C26H25N7O5S/c1-4-38-21-12-5-9-17(29-21)25-31-24-26(33(25)23-19(36-2)10-6-11-20(23)37-3)30-18(15-28-24)22(32-39(34)35)16-8-7-13-27-14-16/h5-15,22,32H,4H2,1-3H3,(H,34,35)/p-1. The van der Waals surface area contributed by atoms with E-state index in [1.165, 1.54) is 6.20 Å². The molecule has 0 saturated heterocycles. The lowest BCUT2D eigenvalue weighted by Crippen LogP contribution is -2.25. The first-order valence-electron chi connectivity index (χ1n) is 11.9. The molecule has 0 bridgehead atoms. The van der Waals surface area contributed by atoms with Crippen LogP contribution in [0, 0.1) is 0 Å². The fourth-order valence-corrected chi connectivity index (χ4v) is 4.60. The number of fused-ring (bicyclic) bond motifs is 1. The summed E-state index contributed by atoms with van der Waals surface area (Å²) in [6, 6.07) is 13.4. The Hall–Kier alpha value is -4.46. The predicted molar refractivity (Wildman–Crippen MR) is 142 cm³/mol. The minimum Gasteiger partial charge on any atom is -0.760 e. The SMILES string of the molecule is CCOc1cccc(-c2nc3ncc(C(NS(=O)[O-])c4cccnc4)nc3n2-c2c(OC)cccc2OC)n1. The molecule has 2 unspecified atom stereocenters. The molecule has 0 spiro atoms. The van der Waals surface area contributed by atoms with Crippen LogP contribution in [0.15, 0.2) is 67.1 Å². The van der Waals surface area contributed by atoms with Crippen LogP contribution in [0.1, 0.15) is 24.2 Å². The average molecular weight is 547 g/mol. The Labute approximate surface area is 226 Å². The molecule has 13 heteroatoms. The van der Waals surface area contributed by atoms with Crippen molar-refractivity contribution in [2.75, 3.05) is 20.8 Å². The van der Waals surface area contributed by atoms with Crippen molar-refractivity contribution in [2.24, 2.45) is 0 Å². The van der Waals surface area contributed by atoms with Crippen LogP contribution in [0.5, 0.6) is 17.4 Å². The van der Waals surface area contributed by atoms with E-state index in [0.29, 0.717) is 63.7 Å². The number of methoxy groups -OCH3 is 2. The Morgan fingerprint density at radius 2 is 1.77 bits per heavy atom. The molecule has 5 aromatic rings. The molecule has 39 heavy (non-hydrogen) atoms. The van der Waals surface area contributed by atoms with Gasteiger partial charge in [0.1, 0.15) is 22.9 Å². The molecule has 200 valence electrons. The highest BCUT2D eigenvalue weighted by Gasteiger charge is 2.25. The second kappa shape index (κ2) is 11.5. The van der Waals surface area contributed by atoms with Gasteiger partial charge in [0.2, 0.25) is 5.88 Å². The van der Waals surface area contributed by atoms with Gasteiger partial charge in [0.25, 0.3) is 0 Å². The van der Waals surface area contributed by atoms with Crippen LogP contribution in [0.3, 0.4) is 0 Å². The van der Waals surface area contributed by atoms with Crippen LogP contribution in [0.4, 0.5) is 0 Å². The third-order valence-corrected chi connectivity index (χ3v) is 6.22. The van der Waals surface area contributed by atoms with E-state index in [1.54, 1.807) is 73.6 Å². The molecule has 1 aromatic carbocycles. The van der Waals surface area contributed by atoms with Crippen LogP contribution in [-0.4, -0.2) is 59.1 Å². The number of hydrogen-bond acceptors (Lipinski definition) is 10. The molecule has 12 nitrogen and oxygen atoms in total. The average Bonchev–Trinajstić information content (AvgIpc) is 3.34. The molecule has 2 atom stereocenters. The molecule has 0 aliphatic heterocycles. The number of benzene rings is 1. The summed E-state index contributed by atoms with van der Waals surface area (Å²) in [6.07, 6.45) is 4.64. The van der Waals surface area contributed by atoms with Gasteiger partial charge >= 0.3 is 0 Å². The number of rotatable bonds is 10. The first-order valence-corrected chi connectivity index (χ1v) is 12.9. The summed E-state index contributed by atoms with van der Waals surface area (Å²) in [5.74, 6) is 1.82. The van der Waals surface area contributed by atoms with Gasteiger partial charge < -0.3 is 18.8 Å². The summed E-state index contributed by atoms with van der Waals surface area (Å²) >= 11 is -2.59. The van der Waals surface area contributed by atoms with Gasteiger partial charge in [-0.3, -0.25) is 13.8 Å². The Balaban J connectivity index is 1.81. The normalized spacial score (nSPS) is 12.7. The fourth-order valence-electron chi connectivity index (χ4n) is 4.15. The van der Waals surface area contributed by atoms with Crippen molar-refractivity contribution in [2.45, 2.75) is 13.0 Å². The number of nitrogens with zero attached hydrogens (tertiary/aromatic N) is 6. The van der Waals surface area contributed by atoms with Gasteiger partial charge in [0.05, 0.1) is 38.8 Å². The van der Waals surface area contributed by atoms with Crippen molar-refractivity contribution in [3.8, 4) is 34.6 Å². The minimum absolute atomic E-state index is 0.304. The van der Waals surface area contributed by atoms with E-state index in [4.69, 9.17) is 24.2 Å². The van der Waals surface area contributed by atoms with Gasteiger partial charge in [-0.1, -0.05) is 18.2 Å². The molecule has 0 radical (unpaired) electrons. The highest BCUT2D eigenvalue weighted by molar-refractivity contribution is 7.77. The Kier molecular flexibility index (Phi) is 7.72. The third kappa shape index (κ3) is 5.27. The molecule has 0 saturated carbocycles. The zero-order valence-corrected chi connectivity index (χ0v) is 22.1. The summed E-state index contributed by atoms with van der Waals surface area (Å²) in [5.41, 5.74) is 2.57. The van der Waals surface area contributed by atoms with Crippen LogP contribution >= 0.6 is 0 Å². The molecule has 5 rings (SSSR count). The molecule has 0 fully saturated rings. The first kappa shape index (κ1) is 26.2. The summed E-state index contributed by atoms with van der Waals surface area (Å²) in [4.78, 5) is 22.9. The summed E-state index contributed by atoms with van der Waals surface area (Å²) in [6.45, 7) is 2.32. The van der Waals surface area contributed by atoms with E-state index in [1.807, 2.05) is 13.0 Å². The lowest BCUT2D eigenvalue weighted by Gasteiger charge is -2.20. The lowest BCUT2D eigenvalue weighted by molar-refractivity contribution is 0.327. The number of aromatic nitrogens is 6. The van der Waals surface area contributed by atoms with Gasteiger partial charge in [-0.25, -0.2) is 24.7 Å². The Morgan fingerprint density at radius 1 is 1.00 bits per heavy atom. The zero-order valence-electron chi connectivity index (χ0n) is 21.3. The van der Waals surface area contributed by atoms with Gasteiger partial charge in [0, 0.05) is 29.7 Å². The highest BCUT2D eigenvalue weighted by Crippen LogP contribution is 2.38. The molecule has 1 N–H and O–H groups in total. The minimum atomic E-state index is -2.59. The van der Waals surface area contributed by atoms with Crippen LogP contribution in [-0.2, 0) is 11.3 Å². The number of hydrogen-bond donors (Lipinski definition) is 1. The highest BCUT2D eigenvalue weighted by atomic mass is 32.2. The monoisotopic (exact) mass is 546 g/mol. The second-order valence-electron chi connectivity index (χ2n) is 8.09. The number of imidazole rings is 1. The molecule has 4 heterocycles. The predicted octanol–water partition coefficient (Wildman–Crippen LogP) is 3.16. The van der Waals surface area contributed by atoms with Crippen LogP contribution < -0.4 is 18.9 Å². The molecular weight excluding hydrogens is 522 g/mol. The van der Waals surface area contributed by atoms with Crippen molar-refractivity contribution in [1.29, 1.82) is 0 Å². The maximum Gasteiger partial charge on any atom is 0.213 e. The quantitative estimate of drug-likeness (QED) is 0.259. The lowest BCUT2D eigenvalue weighted by atomic mass is 10.1. The largest absolute Gasteiger partial charge is 0.760 e. The maximum atomic E-state index is 11.7. The van der Waals surface area contributed by atoms with Gasteiger partial charge in [-0.05, 0) is 36.8 Å². The first-order chi connectivity index (χ1) is 19.0. The number of pyridine rings is 2. The van der Waals surface area contributed by atoms with Crippen molar-refractivity contribution in [1.82, 2.24) is 34.2 Å². The van der Waals surface area contributed by atoms with E-state index in [9.17, 15) is 8.76 Å². The van der Waals surface area contributed by atoms with Gasteiger partial charge in [-0.2, -0.15) is 0 Å². The van der Waals surface area contributed by atoms with Gasteiger partial charge in [-0.15, -0.1) is 0 Å². The van der Waals surface area contributed by atoms with Crippen molar-refractivity contribution >= 4 is 22.6 Å². The van der Waals surface area contributed by atoms with Gasteiger partial charge in [0.15, 0.2) is 17.1 Å². The Morgan fingerprint density at radius 3 is 2.44 bits per heavy atom. The number of ether oxygens (including phenoxy) is 3. The summed E-state index contributed by atoms with van der Waals surface area (Å²) in [5, 5.41) is 0. The Bertz CT molecular complexity index is 1610. The molecule has 0 amide bonds. The second-order valence-corrected chi connectivity index (χ2v) is 8.80. The van der Waals surface area contributed by atoms with Crippen molar-refractivity contribution < 1.29 is 23.0 Å². The molecule has 0 aliphatic rings. The van der Waals surface area contributed by atoms with E-state index >= 15 is 0 Å². The third-order valence-electron chi connectivity index (χ3n) is 5.79. The van der Waals surface area contributed by atoms with Crippen LogP contribution in [0.2, 0.25) is 0 Å². The van der Waals surface area contributed by atoms with Crippen molar-refractivity contribution in [3.05, 3.63) is 78.4 Å². The topological polar surface area (TPSA) is 149 Å². The smallest absolute Gasteiger partial charge is 0.213 e. The van der Waals surface area contributed by atoms with E-state index in [-0.39, 0.29) is 0 Å². The fraction of sp³-hybridized carbons (Fsp3) is 0.192. The molecular formula is C26H24N7O5S-. The number of nitrogens with one attached hydrogen (secondary N) is 1. The summed E-state index contributed by atoms with van der Waals surface area (Å²) < 4.78 is 44.6. The molecule has 4 aromatic heterocycles. The maximum absolute atomic E-state index is 11.7. The zero-order chi connectivity index (χ0) is 27.4.